The van der Waals surface area contributed by atoms with Crippen LogP contribution in [0.3, 0.4) is 0 Å². The number of pyridine rings is 1. The molecule has 0 aliphatic rings. The van der Waals surface area contributed by atoms with Crippen LogP contribution in [-0.4, -0.2) is 17.6 Å². The normalized spacial score (nSPS) is 14.1. The molecule has 0 saturated carbocycles. The zero-order valence-corrected chi connectivity index (χ0v) is 11.5. The highest BCUT2D eigenvalue weighted by atomic mass is 15.0. The third-order valence-corrected chi connectivity index (χ3v) is 3.26. The Labute approximate surface area is 114 Å². The van der Waals surface area contributed by atoms with E-state index >= 15 is 0 Å². The van der Waals surface area contributed by atoms with E-state index in [2.05, 4.69) is 42.3 Å². The fraction of sp³-hybridized carbons (Fsp3) is 0.312. The summed E-state index contributed by atoms with van der Waals surface area (Å²) in [5.74, 6) is 0. The van der Waals surface area contributed by atoms with Crippen molar-refractivity contribution in [2.75, 3.05) is 6.54 Å². The molecule has 2 atom stereocenters. The summed E-state index contributed by atoms with van der Waals surface area (Å²) in [4.78, 5) is 4.44. The van der Waals surface area contributed by atoms with Crippen molar-refractivity contribution in [2.24, 2.45) is 5.73 Å². The first-order valence-corrected chi connectivity index (χ1v) is 6.69. The summed E-state index contributed by atoms with van der Waals surface area (Å²) < 4.78 is 0. The van der Waals surface area contributed by atoms with Crippen molar-refractivity contribution in [3.05, 3.63) is 54.2 Å². The molecule has 0 amide bonds. The number of aromatic nitrogens is 1. The second-order valence-corrected chi connectivity index (χ2v) is 4.83. The molecule has 3 N–H and O–H groups in total. The molecule has 2 unspecified atom stereocenters. The van der Waals surface area contributed by atoms with Gasteiger partial charge in [0.1, 0.15) is 0 Å². The van der Waals surface area contributed by atoms with E-state index in [4.69, 9.17) is 5.73 Å². The molecule has 1 aromatic carbocycles. The minimum Gasteiger partial charge on any atom is -0.329 e. The van der Waals surface area contributed by atoms with E-state index in [1.807, 2.05) is 30.5 Å². The van der Waals surface area contributed by atoms with Gasteiger partial charge in [0, 0.05) is 30.4 Å². The first kappa shape index (κ1) is 13.7. The zero-order valence-electron chi connectivity index (χ0n) is 11.5. The largest absolute Gasteiger partial charge is 0.329 e. The van der Waals surface area contributed by atoms with Crippen LogP contribution in [0.25, 0.3) is 11.3 Å². The van der Waals surface area contributed by atoms with Gasteiger partial charge in [-0.05, 0) is 31.5 Å². The molecule has 0 radical (unpaired) electrons. The van der Waals surface area contributed by atoms with Gasteiger partial charge in [-0.15, -0.1) is 0 Å². The summed E-state index contributed by atoms with van der Waals surface area (Å²) in [7, 11) is 0. The Bertz CT molecular complexity index is 510. The fourth-order valence-corrected chi connectivity index (χ4v) is 2.21. The Morgan fingerprint density at radius 2 is 1.84 bits per heavy atom. The summed E-state index contributed by atoms with van der Waals surface area (Å²) in [5, 5.41) is 3.50. The first-order chi connectivity index (χ1) is 9.22. The minimum atomic E-state index is 0.247. The van der Waals surface area contributed by atoms with Crippen molar-refractivity contribution in [1.82, 2.24) is 10.3 Å². The standard InChI is InChI=1S/C16H21N3/c1-12(11-17)19-13(2)14-7-3-4-8-15(14)16-9-5-6-10-18-16/h3-10,12-13,19H,11,17H2,1-2H3. The second kappa shape index (κ2) is 6.45. The average molecular weight is 255 g/mol. The topological polar surface area (TPSA) is 50.9 Å². The molecule has 2 aromatic rings. The van der Waals surface area contributed by atoms with E-state index in [9.17, 15) is 0 Å². The van der Waals surface area contributed by atoms with E-state index in [-0.39, 0.29) is 6.04 Å². The van der Waals surface area contributed by atoms with Gasteiger partial charge in [0.2, 0.25) is 0 Å². The van der Waals surface area contributed by atoms with E-state index in [1.54, 1.807) is 0 Å². The van der Waals surface area contributed by atoms with Crippen LogP contribution in [-0.2, 0) is 0 Å². The monoisotopic (exact) mass is 255 g/mol. The fourth-order valence-electron chi connectivity index (χ4n) is 2.21. The van der Waals surface area contributed by atoms with E-state index in [0.29, 0.717) is 12.6 Å². The summed E-state index contributed by atoms with van der Waals surface area (Å²) >= 11 is 0. The maximum atomic E-state index is 5.67. The molecule has 100 valence electrons. The van der Waals surface area contributed by atoms with Crippen LogP contribution in [0, 0.1) is 0 Å². The van der Waals surface area contributed by atoms with E-state index in [1.165, 1.54) is 11.1 Å². The van der Waals surface area contributed by atoms with Gasteiger partial charge in [-0.1, -0.05) is 30.3 Å². The number of nitrogens with zero attached hydrogens (tertiary/aromatic N) is 1. The Morgan fingerprint density at radius 3 is 2.53 bits per heavy atom. The molecule has 1 heterocycles. The summed E-state index contributed by atoms with van der Waals surface area (Å²) in [5.41, 5.74) is 9.10. The number of nitrogens with one attached hydrogen (secondary N) is 1. The quantitative estimate of drug-likeness (QED) is 0.863. The van der Waals surface area contributed by atoms with Gasteiger partial charge in [-0.3, -0.25) is 4.98 Å². The summed E-state index contributed by atoms with van der Waals surface area (Å²) in [6.45, 7) is 4.89. The second-order valence-electron chi connectivity index (χ2n) is 4.83. The predicted octanol–water partition coefficient (Wildman–Crippen LogP) is 2.75. The molecule has 0 bridgehead atoms. The van der Waals surface area contributed by atoms with Crippen LogP contribution < -0.4 is 11.1 Å². The Balaban J connectivity index is 2.31. The van der Waals surface area contributed by atoms with Crippen molar-refractivity contribution < 1.29 is 0 Å². The minimum absolute atomic E-state index is 0.247. The van der Waals surface area contributed by atoms with E-state index < -0.39 is 0 Å². The lowest BCUT2D eigenvalue weighted by Gasteiger charge is -2.21. The Morgan fingerprint density at radius 1 is 1.11 bits per heavy atom. The third-order valence-electron chi connectivity index (χ3n) is 3.26. The highest BCUT2D eigenvalue weighted by molar-refractivity contribution is 5.64. The van der Waals surface area contributed by atoms with Crippen LogP contribution in [0.4, 0.5) is 0 Å². The zero-order chi connectivity index (χ0) is 13.7. The van der Waals surface area contributed by atoms with Crippen molar-refractivity contribution >= 4 is 0 Å². The molecular formula is C16H21N3. The Hall–Kier alpha value is -1.71. The molecule has 3 heteroatoms. The number of hydrogen-bond acceptors (Lipinski definition) is 3. The summed E-state index contributed by atoms with van der Waals surface area (Å²) in [6, 6.07) is 14.9. The first-order valence-electron chi connectivity index (χ1n) is 6.69. The van der Waals surface area contributed by atoms with Gasteiger partial charge in [0.25, 0.3) is 0 Å². The SMILES string of the molecule is CC(CN)NC(C)c1ccccc1-c1ccccn1. The highest BCUT2D eigenvalue weighted by Gasteiger charge is 2.13. The van der Waals surface area contributed by atoms with Gasteiger partial charge in [-0.25, -0.2) is 0 Å². The molecule has 3 nitrogen and oxygen atoms in total. The van der Waals surface area contributed by atoms with Crippen LogP contribution in [0.2, 0.25) is 0 Å². The number of benzene rings is 1. The van der Waals surface area contributed by atoms with Crippen molar-refractivity contribution in [3.63, 3.8) is 0 Å². The maximum Gasteiger partial charge on any atom is 0.0705 e. The predicted molar refractivity (Wildman–Crippen MR) is 79.7 cm³/mol. The van der Waals surface area contributed by atoms with Gasteiger partial charge in [0.15, 0.2) is 0 Å². The van der Waals surface area contributed by atoms with Gasteiger partial charge in [-0.2, -0.15) is 0 Å². The lowest BCUT2D eigenvalue weighted by molar-refractivity contribution is 0.486. The molecule has 1 aromatic heterocycles. The third kappa shape index (κ3) is 3.40. The average Bonchev–Trinajstić information content (AvgIpc) is 2.48. The van der Waals surface area contributed by atoms with E-state index in [0.717, 1.165) is 5.69 Å². The molecular weight excluding hydrogens is 234 g/mol. The van der Waals surface area contributed by atoms with Crippen molar-refractivity contribution in [3.8, 4) is 11.3 Å². The molecule has 0 saturated heterocycles. The summed E-state index contributed by atoms with van der Waals surface area (Å²) in [6.07, 6.45) is 1.83. The molecule has 0 fully saturated rings. The number of hydrogen-bond donors (Lipinski definition) is 2. The smallest absolute Gasteiger partial charge is 0.0705 e. The molecule has 0 aliphatic carbocycles. The van der Waals surface area contributed by atoms with Gasteiger partial charge < -0.3 is 11.1 Å². The molecule has 2 rings (SSSR count). The number of nitrogens with two attached hydrogens (primary N) is 1. The molecule has 0 spiro atoms. The van der Waals surface area contributed by atoms with Crippen molar-refractivity contribution in [2.45, 2.75) is 25.9 Å². The van der Waals surface area contributed by atoms with Crippen LogP contribution in [0.5, 0.6) is 0 Å². The van der Waals surface area contributed by atoms with Crippen LogP contribution in [0.1, 0.15) is 25.5 Å². The maximum absolute atomic E-state index is 5.67. The van der Waals surface area contributed by atoms with Crippen LogP contribution in [0.15, 0.2) is 48.7 Å². The molecule has 0 aliphatic heterocycles. The lowest BCUT2D eigenvalue weighted by Crippen LogP contribution is -2.35. The number of rotatable bonds is 5. The Kier molecular flexibility index (Phi) is 4.66. The van der Waals surface area contributed by atoms with Crippen molar-refractivity contribution in [1.29, 1.82) is 0 Å². The lowest BCUT2D eigenvalue weighted by atomic mass is 9.98. The molecule has 19 heavy (non-hydrogen) atoms. The highest BCUT2D eigenvalue weighted by Crippen LogP contribution is 2.26. The van der Waals surface area contributed by atoms with Gasteiger partial charge >= 0.3 is 0 Å². The van der Waals surface area contributed by atoms with Crippen LogP contribution >= 0.6 is 0 Å². The van der Waals surface area contributed by atoms with Gasteiger partial charge in [0.05, 0.1) is 5.69 Å².